The van der Waals surface area contributed by atoms with Crippen LogP contribution in [0, 0.1) is 0 Å². The van der Waals surface area contributed by atoms with Gasteiger partial charge in [0.05, 0.1) is 5.69 Å². The summed E-state index contributed by atoms with van der Waals surface area (Å²) >= 11 is 1.82. The molecule has 0 saturated carbocycles. The molecule has 1 N–H and O–H groups in total. The van der Waals surface area contributed by atoms with Gasteiger partial charge < -0.3 is 5.32 Å². The Kier molecular flexibility index (Phi) is 4.34. The van der Waals surface area contributed by atoms with Gasteiger partial charge in [0.2, 0.25) is 0 Å². The molecule has 0 radical (unpaired) electrons. The largest absolute Gasteiger partial charge is 0.311 e. The Balaban J connectivity index is 1.71. The van der Waals surface area contributed by atoms with E-state index in [4.69, 9.17) is 0 Å². The summed E-state index contributed by atoms with van der Waals surface area (Å²) in [5.41, 5.74) is 1.12. The lowest BCUT2D eigenvalue weighted by Gasteiger charge is -2.04. The van der Waals surface area contributed by atoms with E-state index >= 15 is 0 Å². The smallest absolute Gasteiger partial charge is 0.0762 e. The van der Waals surface area contributed by atoms with Crippen LogP contribution >= 0.6 is 11.3 Å². The molecule has 4 heteroatoms. The Labute approximate surface area is 106 Å². The molecular weight excluding hydrogens is 230 g/mol. The maximum Gasteiger partial charge on any atom is 0.0762 e. The molecule has 0 aliphatic carbocycles. The van der Waals surface area contributed by atoms with Crippen LogP contribution in [0.5, 0.6) is 0 Å². The van der Waals surface area contributed by atoms with Crippen LogP contribution in [-0.2, 0) is 13.0 Å². The highest BCUT2D eigenvalue weighted by atomic mass is 32.1. The summed E-state index contributed by atoms with van der Waals surface area (Å²) in [6, 6.07) is 6.80. The van der Waals surface area contributed by atoms with E-state index in [1.54, 1.807) is 0 Å². The zero-order valence-electron chi connectivity index (χ0n) is 10.4. The molecular formula is C13H19N3S. The van der Waals surface area contributed by atoms with Crippen LogP contribution in [0.15, 0.2) is 29.8 Å². The quantitative estimate of drug-likeness (QED) is 0.798. The van der Waals surface area contributed by atoms with Crippen molar-refractivity contribution in [1.82, 2.24) is 15.1 Å². The molecule has 0 aliphatic heterocycles. The number of nitrogens with one attached hydrogen (secondary N) is 1. The fourth-order valence-electron chi connectivity index (χ4n) is 1.64. The highest BCUT2D eigenvalue weighted by Gasteiger charge is 2.01. The van der Waals surface area contributed by atoms with Gasteiger partial charge >= 0.3 is 0 Å². The van der Waals surface area contributed by atoms with Crippen molar-refractivity contribution >= 4 is 11.3 Å². The molecule has 2 aromatic heterocycles. The standard InChI is InChI=1S/C13H19N3S/c1-11(2)16-8-6-12(15-16)10-14-7-5-13-4-3-9-17-13/h3-4,6,8-9,11,14H,5,7,10H2,1-2H3. The molecule has 0 bridgehead atoms. The fraction of sp³-hybridized carbons (Fsp3) is 0.462. The van der Waals surface area contributed by atoms with E-state index < -0.39 is 0 Å². The van der Waals surface area contributed by atoms with Crippen molar-refractivity contribution in [2.45, 2.75) is 32.9 Å². The van der Waals surface area contributed by atoms with Gasteiger partial charge in [-0.05, 0) is 37.8 Å². The van der Waals surface area contributed by atoms with Gasteiger partial charge in [-0.15, -0.1) is 11.3 Å². The van der Waals surface area contributed by atoms with Crippen LogP contribution in [0.1, 0.15) is 30.5 Å². The second-order valence-electron chi connectivity index (χ2n) is 4.39. The first-order chi connectivity index (χ1) is 8.25. The van der Waals surface area contributed by atoms with Crippen molar-refractivity contribution < 1.29 is 0 Å². The number of hydrogen-bond acceptors (Lipinski definition) is 3. The van der Waals surface area contributed by atoms with E-state index in [-0.39, 0.29) is 0 Å². The molecule has 92 valence electrons. The maximum atomic E-state index is 4.50. The average molecular weight is 249 g/mol. The van der Waals surface area contributed by atoms with Gasteiger partial charge in [-0.3, -0.25) is 4.68 Å². The third kappa shape index (κ3) is 3.68. The van der Waals surface area contributed by atoms with Gasteiger partial charge in [-0.1, -0.05) is 6.07 Å². The van der Waals surface area contributed by atoms with Crippen molar-refractivity contribution in [3.8, 4) is 0 Å². The predicted molar refractivity (Wildman–Crippen MR) is 72.3 cm³/mol. The zero-order valence-corrected chi connectivity index (χ0v) is 11.2. The van der Waals surface area contributed by atoms with Gasteiger partial charge in [0, 0.05) is 30.2 Å². The maximum absolute atomic E-state index is 4.50. The van der Waals surface area contributed by atoms with E-state index in [0.29, 0.717) is 6.04 Å². The van der Waals surface area contributed by atoms with Crippen LogP contribution in [0.25, 0.3) is 0 Å². The van der Waals surface area contributed by atoms with Crippen LogP contribution in [-0.4, -0.2) is 16.3 Å². The average Bonchev–Trinajstić information content (AvgIpc) is 2.96. The van der Waals surface area contributed by atoms with Crippen LogP contribution in [0.3, 0.4) is 0 Å². The van der Waals surface area contributed by atoms with Gasteiger partial charge in [-0.2, -0.15) is 5.10 Å². The Bertz CT molecular complexity index is 431. The topological polar surface area (TPSA) is 29.9 Å². The van der Waals surface area contributed by atoms with Crippen molar-refractivity contribution in [2.75, 3.05) is 6.54 Å². The summed E-state index contributed by atoms with van der Waals surface area (Å²) in [6.45, 7) is 6.14. The molecule has 0 aliphatic rings. The predicted octanol–water partition coefficient (Wildman–Crippen LogP) is 2.86. The normalized spacial score (nSPS) is 11.2. The highest BCUT2D eigenvalue weighted by Crippen LogP contribution is 2.08. The summed E-state index contributed by atoms with van der Waals surface area (Å²) in [5, 5.41) is 10.0. The number of nitrogens with zero attached hydrogens (tertiary/aromatic N) is 2. The van der Waals surface area contributed by atoms with Crippen molar-refractivity contribution in [3.05, 3.63) is 40.3 Å². The molecule has 0 fully saturated rings. The first kappa shape index (κ1) is 12.3. The van der Waals surface area contributed by atoms with Crippen LogP contribution in [0.4, 0.5) is 0 Å². The van der Waals surface area contributed by atoms with Crippen LogP contribution < -0.4 is 5.32 Å². The van der Waals surface area contributed by atoms with Gasteiger partial charge in [0.1, 0.15) is 0 Å². The summed E-state index contributed by atoms with van der Waals surface area (Å²) in [6.07, 6.45) is 3.14. The zero-order chi connectivity index (χ0) is 12.1. The third-order valence-electron chi connectivity index (χ3n) is 2.63. The molecule has 3 nitrogen and oxygen atoms in total. The highest BCUT2D eigenvalue weighted by molar-refractivity contribution is 7.09. The summed E-state index contributed by atoms with van der Waals surface area (Å²) in [5.74, 6) is 0. The first-order valence-corrected chi connectivity index (χ1v) is 6.91. The second kappa shape index (κ2) is 5.98. The SMILES string of the molecule is CC(C)n1ccc(CNCCc2cccs2)n1. The van der Waals surface area contributed by atoms with Gasteiger partial charge in [0.25, 0.3) is 0 Å². The molecule has 0 aromatic carbocycles. The lowest BCUT2D eigenvalue weighted by Crippen LogP contribution is -2.17. The molecule has 2 aromatic rings. The summed E-state index contributed by atoms with van der Waals surface area (Å²) in [7, 11) is 0. The fourth-order valence-corrected chi connectivity index (χ4v) is 2.35. The van der Waals surface area contributed by atoms with Crippen molar-refractivity contribution in [1.29, 1.82) is 0 Å². The van der Waals surface area contributed by atoms with Gasteiger partial charge in [0.15, 0.2) is 0 Å². The lowest BCUT2D eigenvalue weighted by atomic mass is 10.3. The number of hydrogen-bond donors (Lipinski definition) is 1. The third-order valence-corrected chi connectivity index (χ3v) is 3.56. The first-order valence-electron chi connectivity index (χ1n) is 6.03. The van der Waals surface area contributed by atoms with E-state index in [1.807, 2.05) is 22.2 Å². The molecule has 2 heterocycles. The molecule has 17 heavy (non-hydrogen) atoms. The Morgan fingerprint density at radius 1 is 1.41 bits per heavy atom. The minimum atomic E-state index is 0.440. The number of rotatable bonds is 6. The lowest BCUT2D eigenvalue weighted by molar-refractivity contribution is 0.522. The minimum Gasteiger partial charge on any atom is -0.311 e. The minimum absolute atomic E-state index is 0.440. The van der Waals surface area contributed by atoms with Crippen molar-refractivity contribution in [3.63, 3.8) is 0 Å². The Hall–Kier alpha value is -1.13. The number of aromatic nitrogens is 2. The van der Waals surface area contributed by atoms with E-state index in [0.717, 1.165) is 25.2 Å². The molecule has 0 spiro atoms. The molecule has 0 unspecified atom stereocenters. The molecule has 2 rings (SSSR count). The molecule has 0 amide bonds. The second-order valence-corrected chi connectivity index (χ2v) is 5.42. The number of thiophene rings is 1. The molecule has 0 atom stereocenters. The summed E-state index contributed by atoms with van der Waals surface area (Å²) < 4.78 is 2.00. The van der Waals surface area contributed by atoms with Crippen LogP contribution in [0.2, 0.25) is 0 Å². The Morgan fingerprint density at radius 2 is 2.29 bits per heavy atom. The van der Waals surface area contributed by atoms with Crippen molar-refractivity contribution in [2.24, 2.45) is 0 Å². The van der Waals surface area contributed by atoms with E-state index in [1.165, 1.54) is 4.88 Å². The molecule has 0 saturated heterocycles. The van der Waals surface area contributed by atoms with E-state index in [2.05, 4.69) is 47.8 Å². The Morgan fingerprint density at radius 3 is 2.94 bits per heavy atom. The van der Waals surface area contributed by atoms with Gasteiger partial charge in [-0.25, -0.2) is 0 Å². The van der Waals surface area contributed by atoms with E-state index in [9.17, 15) is 0 Å². The summed E-state index contributed by atoms with van der Waals surface area (Å²) in [4.78, 5) is 1.44. The monoisotopic (exact) mass is 249 g/mol.